The third-order valence-electron chi connectivity index (χ3n) is 5.74. The van der Waals surface area contributed by atoms with Crippen LogP contribution in [0.4, 0.5) is 10.1 Å². The van der Waals surface area contributed by atoms with E-state index in [0.717, 1.165) is 27.1 Å². The van der Waals surface area contributed by atoms with Crippen LogP contribution < -0.4 is 5.32 Å². The summed E-state index contributed by atoms with van der Waals surface area (Å²) in [4.78, 5) is 12.9. The number of aryl methyl sites for hydroxylation is 2. The van der Waals surface area contributed by atoms with Crippen molar-refractivity contribution >= 4 is 27.5 Å². The number of carbonyl (C=O) groups is 1. The van der Waals surface area contributed by atoms with E-state index in [1.807, 2.05) is 44.5 Å². The lowest BCUT2D eigenvalue weighted by Gasteiger charge is -2.09. The molecule has 0 bridgehead atoms. The van der Waals surface area contributed by atoms with Crippen LogP contribution >= 0.6 is 15.9 Å². The van der Waals surface area contributed by atoms with Crippen LogP contribution in [-0.2, 0) is 13.1 Å². The number of hydrogen-bond acceptors (Lipinski definition) is 3. The first-order chi connectivity index (χ1) is 15.7. The van der Waals surface area contributed by atoms with Crippen LogP contribution in [-0.4, -0.2) is 25.5 Å². The smallest absolute Gasteiger partial charge is 0.255 e. The highest BCUT2D eigenvalue weighted by Gasteiger charge is 2.16. The zero-order chi connectivity index (χ0) is 23.7. The van der Waals surface area contributed by atoms with Gasteiger partial charge in [0.2, 0.25) is 0 Å². The van der Waals surface area contributed by atoms with Gasteiger partial charge in [-0.2, -0.15) is 10.2 Å². The molecule has 0 spiro atoms. The van der Waals surface area contributed by atoms with Crippen molar-refractivity contribution in [3.8, 4) is 0 Å². The number of aromatic nitrogens is 4. The maximum Gasteiger partial charge on any atom is 0.255 e. The number of nitrogens with one attached hydrogen (secondary N) is 1. The number of halogens is 2. The van der Waals surface area contributed by atoms with E-state index < -0.39 is 0 Å². The van der Waals surface area contributed by atoms with Gasteiger partial charge in [-0.15, -0.1) is 0 Å². The predicted molar refractivity (Wildman–Crippen MR) is 130 cm³/mol. The molecule has 0 unspecified atom stereocenters. The fourth-order valence-electron chi connectivity index (χ4n) is 3.77. The molecule has 0 aliphatic heterocycles. The van der Waals surface area contributed by atoms with Crippen molar-refractivity contribution in [3.05, 3.63) is 98.3 Å². The van der Waals surface area contributed by atoms with Crippen LogP contribution in [0.25, 0.3) is 0 Å². The average molecular weight is 510 g/mol. The molecule has 1 amide bonds. The molecule has 0 atom stereocenters. The van der Waals surface area contributed by atoms with Crippen LogP contribution in [0.1, 0.15) is 44.3 Å². The second kappa shape index (κ2) is 9.31. The van der Waals surface area contributed by atoms with E-state index in [2.05, 4.69) is 31.4 Å². The van der Waals surface area contributed by atoms with Crippen molar-refractivity contribution in [2.45, 2.75) is 40.8 Å². The molecule has 0 radical (unpaired) electrons. The summed E-state index contributed by atoms with van der Waals surface area (Å²) >= 11 is 3.55. The average Bonchev–Trinajstić information content (AvgIpc) is 3.19. The van der Waals surface area contributed by atoms with Gasteiger partial charge in [-0.05, 0) is 67.4 Å². The standard InChI is InChI=1S/C25H25BrFN5O/c1-15-23(26)17(3)31(29-15)13-19-9-11-20(12-10-19)25(33)28-24-16(2)30-32(18(24)4)14-21-7-5-6-8-22(21)27/h5-12H,13-14H2,1-4H3,(H,28,33). The minimum Gasteiger partial charge on any atom is -0.319 e. The van der Waals surface area contributed by atoms with Crippen molar-refractivity contribution in [2.24, 2.45) is 0 Å². The second-order valence-corrected chi connectivity index (χ2v) is 8.88. The van der Waals surface area contributed by atoms with E-state index in [-0.39, 0.29) is 11.7 Å². The Bertz CT molecular complexity index is 1320. The zero-order valence-corrected chi connectivity index (χ0v) is 20.6. The van der Waals surface area contributed by atoms with Gasteiger partial charge >= 0.3 is 0 Å². The van der Waals surface area contributed by atoms with Gasteiger partial charge in [0.15, 0.2) is 0 Å². The van der Waals surface area contributed by atoms with Crippen LogP contribution in [0.15, 0.2) is 53.0 Å². The maximum absolute atomic E-state index is 14.0. The van der Waals surface area contributed by atoms with Crippen LogP contribution in [0.2, 0.25) is 0 Å². The molecular formula is C25H25BrFN5O. The Morgan fingerprint density at radius 3 is 2.18 bits per heavy atom. The molecule has 0 aliphatic carbocycles. The Kier molecular flexibility index (Phi) is 6.47. The molecule has 0 fully saturated rings. The van der Waals surface area contributed by atoms with Crippen molar-refractivity contribution < 1.29 is 9.18 Å². The van der Waals surface area contributed by atoms with Gasteiger partial charge < -0.3 is 5.32 Å². The Morgan fingerprint density at radius 1 is 0.909 bits per heavy atom. The Balaban J connectivity index is 1.47. The highest BCUT2D eigenvalue weighted by molar-refractivity contribution is 9.10. The van der Waals surface area contributed by atoms with Crippen LogP contribution in [0, 0.1) is 33.5 Å². The molecule has 0 aliphatic rings. The quantitative estimate of drug-likeness (QED) is 0.369. The number of rotatable bonds is 6. The lowest BCUT2D eigenvalue weighted by molar-refractivity contribution is 0.102. The Labute approximate surface area is 200 Å². The van der Waals surface area contributed by atoms with Gasteiger partial charge in [0, 0.05) is 11.1 Å². The molecule has 33 heavy (non-hydrogen) atoms. The number of anilines is 1. The lowest BCUT2D eigenvalue weighted by atomic mass is 10.1. The van der Waals surface area contributed by atoms with Gasteiger partial charge in [0.05, 0.1) is 46.0 Å². The minimum atomic E-state index is -0.274. The van der Waals surface area contributed by atoms with E-state index in [1.165, 1.54) is 6.07 Å². The summed E-state index contributed by atoms with van der Waals surface area (Å²) < 4.78 is 18.7. The van der Waals surface area contributed by atoms with Crippen molar-refractivity contribution in [3.63, 3.8) is 0 Å². The van der Waals surface area contributed by atoms with E-state index in [9.17, 15) is 9.18 Å². The molecule has 8 heteroatoms. The highest BCUT2D eigenvalue weighted by atomic mass is 79.9. The molecule has 6 nitrogen and oxygen atoms in total. The predicted octanol–water partition coefficient (Wildman–Crippen LogP) is 5.56. The fraction of sp³-hybridized carbons (Fsp3) is 0.240. The normalized spacial score (nSPS) is 11.1. The largest absolute Gasteiger partial charge is 0.319 e. The van der Waals surface area contributed by atoms with E-state index in [1.54, 1.807) is 35.0 Å². The van der Waals surface area contributed by atoms with E-state index in [4.69, 9.17) is 0 Å². The summed E-state index contributed by atoms with van der Waals surface area (Å²) in [5.41, 5.74) is 6.26. The lowest BCUT2D eigenvalue weighted by Crippen LogP contribution is -2.14. The SMILES string of the molecule is Cc1nn(Cc2ccc(C(=O)Nc3c(C)nn(Cc4ccccc4F)c3C)cc2)c(C)c1Br. The van der Waals surface area contributed by atoms with E-state index >= 15 is 0 Å². The first kappa shape index (κ1) is 22.9. The van der Waals surface area contributed by atoms with Gasteiger partial charge in [0.25, 0.3) is 5.91 Å². The summed E-state index contributed by atoms with van der Waals surface area (Å²) in [6, 6.07) is 14.1. The zero-order valence-electron chi connectivity index (χ0n) is 19.0. The number of amides is 1. The second-order valence-electron chi connectivity index (χ2n) is 8.09. The Morgan fingerprint density at radius 2 is 1.55 bits per heavy atom. The van der Waals surface area contributed by atoms with Gasteiger partial charge in [-0.1, -0.05) is 30.3 Å². The summed E-state index contributed by atoms with van der Waals surface area (Å²) in [6.45, 7) is 8.60. The van der Waals surface area contributed by atoms with E-state index in [0.29, 0.717) is 35.6 Å². The van der Waals surface area contributed by atoms with Crippen molar-refractivity contribution in [1.29, 1.82) is 0 Å². The summed E-state index contributed by atoms with van der Waals surface area (Å²) in [7, 11) is 0. The molecule has 170 valence electrons. The van der Waals surface area contributed by atoms with Crippen LogP contribution in [0.3, 0.4) is 0 Å². The third-order valence-corrected chi connectivity index (χ3v) is 6.89. The summed E-state index contributed by atoms with van der Waals surface area (Å²) in [6.07, 6.45) is 0. The summed E-state index contributed by atoms with van der Waals surface area (Å²) in [5, 5.41) is 12.0. The molecule has 2 aromatic heterocycles. The van der Waals surface area contributed by atoms with Crippen molar-refractivity contribution in [1.82, 2.24) is 19.6 Å². The number of benzene rings is 2. The molecule has 0 saturated carbocycles. The van der Waals surface area contributed by atoms with Gasteiger partial charge in [0.1, 0.15) is 5.82 Å². The van der Waals surface area contributed by atoms with Crippen LogP contribution in [0.5, 0.6) is 0 Å². The molecule has 4 rings (SSSR count). The fourth-order valence-corrected chi connectivity index (χ4v) is 4.05. The number of nitrogens with zero attached hydrogens (tertiary/aromatic N) is 4. The molecular weight excluding hydrogens is 485 g/mol. The summed E-state index contributed by atoms with van der Waals surface area (Å²) in [5.74, 6) is -0.490. The first-order valence-electron chi connectivity index (χ1n) is 10.6. The van der Waals surface area contributed by atoms with Gasteiger partial charge in [-0.25, -0.2) is 4.39 Å². The van der Waals surface area contributed by atoms with Crippen molar-refractivity contribution in [2.75, 3.05) is 5.32 Å². The monoisotopic (exact) mass is 509 g/mol. The first-order valence-corrected chi connectivity index (χ1v) is 11.4. The third kappa shape index (κ3) is 4.75. The highest BCUT2D eigenvalue weighted by Crippen LogP contribution is 2.23. The number of hydrogen-bond donors (Lipinski definition) is 1. The molecule has 2 aromatic carbocycles. The number of carbonyl (C=O) groups excluding carboxylic acids is 1. The Hall–Kier alpha value is -3.26. The molecule has 0 saturated heterocycles. The van der Waals surface area contributed by atoms with Gasteiger partial charge in [-0.3, -0.25) is 14.2 Å². The topological polar surface area (TPSA) is 64.7 Å². The minimum absolute atomic E-state index is 0.216. The maximum atomic E-state index is 14.0. The molecule has 1 N–H and O–H groups in total. The molecule has 4 aromatic rings. The molecule has 2 heterocycles.